The number of benzene rings is 1. The lowest BCUT2D eigenvalue weighted by Crippen LogP contribution is -2.06. The van der Waals surface area contributed by atoms with Gasteiger partial charge in [0.1, 0.15) is 5.69 Å². The normalized spacial score (nSPS) is 11.6. The molecule has 1 aromatic carbocycles. The van der Waals surface area contributed by atoms with E-state index < -0.39 is 0 Å². The number of nitrogens with one attached hydrogen (secondary N) is 1. The summed E-state index contributed by atoms with van der Waals surface area (Å²) in [4.78, 5) is 17.2. The van der Waals surface area contributed by atoms with Crippen molar-refractivity contribution >= 4 is 33.3 Å². The van der Waals surface area contributed by atoms with E-state index in [9.17, 15) is 0 Å². The van der Waals surface area contributed by atoms with E-state index in [0.29, 0.717) is 18.2 Å². The molecule has 0 aliphatic rings. The van der Waals surface area contributed by atoms with Crippen LogP contribution in [0.15, 0.2) is 70.1 Å². The summed E-state index contributed by atoms with van der Waals surface area (Å²) in [6.45, 7) is 0.498. The zero-order valence-electron chi connectivity index (χ0n) is 15.1. The Labute approximate surface area is 168 Å². The minimum atomic E-state index is 0.498. The molecular weight excluding hydrogens is 384 g/mol. The van der Waals surface area contributed by atoms with Gasteiger partial charge in [-0.1, -0.05) is 24.3 Å². The highest BCUT2D eigenvalue weighted by Crippen LogP contribution is 2.26. The van der Waals surface area contributed by atoms with Crippen LogP contribution in [0.1, 0.15) is 5.69 Å². The standard InChI is InChI=1S/C21H14N6OS/c1-2-4-15-13(3-1)5-6-14(23-15)10-27-21(17-9-19-16(24-17)7-8-28-19)25-20(26-27)18-11-29-12-22-18/h1-9,11-12,24H,10H2. The number of rotatable bonds is 4. The second kappa shape index (κ2) is 6.39. The predicted octanol–water partition coefficient (Wildman–Crippen LogP) is 4.74. The predicted molar refractivity (Wildman–Crippen MR) is 112 cm³/mol. The van der Waals surface area contributed by atoms with Crippen LogP contribution < -0.4 is 0 Å². The highest BCUT2D eigenvalue weighted by molar-refractivity contribution is 7.07. The summed E-state index contributed by atoms with van der Waals surface area (Å²) >= 11 is 1.52. The molecule has 0 fully saturated rings. The van der Waals surface area contributed by atoms with Crippen LogP contribution >= 0.6 is 11.3 Å². The molecule has 0 unspecified atom stereocenters. The number of para-hydroxylation sites is 1. The highest BCUT2D eigenvalue weighted by Gasteiger charge is 2.18. The van der Waals surface area contributed by atoms with Gasteiger partial charge in [0.25, 0.3) is 0 Å². The van der Waals surface area contributed by atoms with Gasteiger partial charge in [-0.2, -0.15) is 0 Å². The van der Waals surface area contributed by atoms with Crippen molar-refractivity contribution in [3.8, 4) is 23.0 Å². The van der Waals surface area contributed by atoms with Crippen LogP contribution in [0.3, 0.4) is 0 Å². The fraction of sp³-hybridized carbons (Fsp3) is 0.0476. The van der Waals surface area contributed by atoms with Crippen molar-refractivity contribution < 1.29 is 4.42 Å². The number of thiazole rings is 1. The summed E-state index contributed by atoms with van der Waals surface area (Å²) in [7, 11) is 0. The summed E-state index contributed by atoms with van der Waals surface area (Å²) in [5.74, 6) is 1.31. The molecule has 0 saturated heterocycles. The Kier molecular flexibility index (Phi) is 3.57. The third-order valence-electron chi connectivity index (χ3n) is 4.78. The summed E-state index contributed by atoms with van der Waals surface area (Å²) in [5.41, 5.74) is 6.97. The van der Waals surface area contributed by atoms with Gasteiger partial charge in [-0.15, -0.1) is 16.4 Å². The van der Waals surface area contributed by atoms with Gasteiger partial charge in [-0.3, -0.25) is 4.98 Å². The lowest BCUT2D eigenvalue weighted by atomic mass is 10.2. The molecule has 0 spiro atoms. The van der Waals surface area contributed by atoms with Gasteiger partial charge in [-0.25, -0.2) is 14.6 Å². The third-order valence-corrected chi connectivity index (χ3v) is 5.37. The first-order valence-electron chi connectivity index (χ1n) is 9.08. The topological polar surface area (TPSA) is 85.4 Å². The van der Waals surface area contributed by atoms with Crippen LogP contribution in [0.25, 0.3) is 45.0 Å². The molecule has 0 bridgehead atoms. The maximum absolute atomic E-state index is 5.49. The van der Waals surface area contributed by atoms with Crippen LogP contribution in [0, 0.1) is 0 Å². The molecule has 8 heteroatoms. The van der Waals surface area contributed by atoms with Crippen LogP contribution in [0.4, 0.5) is 0 Å². The largest absolute Gasteiger partial charge is 0.463 e. The van der Waals surface area contributed by atoms with E-state index in [1.54, 1.807) is 11.8 Å². The van der Waals surface area contributed by atoms with Crippen molar-refractivity contribution in [3.05, 3.63) is 71.4 Å². The maximum Gasteiger partial charge on any atom is 0.201 e. The number of fused-ring (bicyclic) bond motifs is 2. The van der Waals surface area contributed by atoms with Gasteiger partial charge in [0.15, 0.2) is 11.4 Å². The first kappa shape index (κ1) is 16.2. The molecule has 0 radical (unpaired) electrons. The van der Waals surface area contributed by atoms with Crippen molar-refractivity contribution in [2.75, 3.05) is 0 Å². The molecule has 7 nitrogen and oxygen atoms in total. The van der Waals surface area contributed by atoms with E-state index in [-0.39, 0.29) is 0 Å². The molecule has 6 aromatic rings. The molecule has 0 aliphatic heterocycles. The summed E-state index contributed by atoms with van der Waals surface area (Å²) in [5, 5.41) is 7.77. The van der Waals surface area contributed by atoms with E-state index in [1.165, 1.54) is 11.3 Å². The Morgan fingerprint density at radius 3 is 2.93 bits per heavy atom. The quantitative estimate of drug-likeness (QED) is 0.464. The Balaban J connectivity index is 1.46. The SMILES string of the molecule is c1ccc2nc(Cn3nc(-c4cscn4)nc3-c3cc4occc4[nH]3)ccc2c1. The second-order valence-electron chi connectivity index (χ2n) is 6.67. The number of aromatic amines is 1. The lowest BCUT2D eigenvalue weighted by molar-refractivity contribution is 0.616. The van der Waals surface area contributed by atoms with Crippen molar-refractivity contribution in [1.82, 2.24) is 29.7 Å². The Bertz CT molecular complexity index is 1410. The first-order valence-corrected chi connectivity index (χ1v) is 10.0. The number of hydrogen-bond acceptors (Lipinski definition) is 6. The van der Waals surface area contributed by atoms with E-state index in [4.69, 9.17) is 19.5 Å². The number of furan rings is 1. The fourth-order valence-corrected chi connectivity index (χ4v) is 3.93. The molecular formula is C21H14N6OS. The minimum Gasteiger partial charge on any atom is -0.463 e. The van der Waals surface area contributed by atoms with Gasteiger partial charge in [0.2, 0.25) is 5.82 Å². The Morgan fingerprint density at radius 2 is 2.03 bits per heavy atom. The number of nitrogens with zero attached hydrogens (tertiary/aromatic N) is 5. The van der Waals surface area contributed by atoms with Crippen molar-refractivity contribution in [2.45, 2.75) is 6.54 Å². The number of hydrogen-bond donors (Lipinski definition) is 1. The van der Waals surface area contributed by atoms with Gasteiger partial charge in [0, 0.05) is 22.9 Å². The molecule has 0 saturated carbocycles. The van der Waals surface area contributed by atoms with Gasteiger partial charge in [0.05, 0.1) is 40.7 Å². The summed E-state index contributed by atoms with van der Waals surface area (Å²) in [6, 6.07) is 16.0. The average Bonchev–Trinajstić information content (AvgIpc) is 3.50. The molecule has 0 atom stereocenters. The van der Waals surface area contributed by atoms with E-state index in [0.717, 1.165) is 39.1 Å². The zero-order valence-corrected chi connectivity index (χ0v) is 15.9. The summed E-state index contributed by atoms with van der Waals surface area (Å²) < 4.78 is 7.35. The van der Waals surface area contributed by atoms with Crippen LogP contribution in [-0.4, -0.2) is 29.7 Å². The first-order chi connectivity index (χ1) is 14.3. The zero-order chi connectivity index (χ0) is 19.2. The van der Waals surface area contributed by atoms with Gasteiger partial charge < -0.3 is 9.40 Å². The molecule has 1 N–H and O–H groups in total. The van der Waals surface area contributed by atoms with Crippen LogP contribution in [0.5, 0.6) is 0 Å². The average molecular weight is 398 g/mol. The lowest BCUT2D eigenvalue weighted by Gasteiger charge is -2.06. The van der Waals surface area contributed by atoms with Crippen LogP contribution in [0.2, 0.25) is 0 Å². The van der Waals surface area contributed by atoms with E-state index in [2.05, 4.69) is 22.1 Å². The number of aromatic nitrogens is 6. The Morgan fingerprint density at radius 1 is 1.07 bits per heavy atom. The molecule has 5 aromatic heterocycles. The molecule has 0 aliphatic carbocycles. The van der Waals surface area contributed by atoms with Crippen molar-refractivity contribution in [3.63, 3.8) is 0 Å². The molecule has 29 heavy (non-hydrogen) atoms. The Hall–Kier alpha value is -3.78. The molecule has 0 amide bonds. The van der Waals surface area contributed by atoms with E-state index >= 15 is 0 Å². The summed E-state index contributed by atoms with van der Waals surface area (Å²) in [6.07, 6.45) is 1.66. The monoisotopic (exact) mass is 398 g/mol. The van der Waals surface area contributed by atoms with Gasteiger partial charge >= 0.3 is 0 Å². The molecule has 6 rings (SSSR count). The number of H-pyrrole nitrogens is 1. The number of pyridine rings is 1. The smallest absolute Gasteiger partial charge is 0.201 e. The van der Waals surface area contributed by atoms with Crippen molar-refractivity contribution in [2.24, 2.45) is 0 Å². The third kappa shape index (κ3) is 2.81. The maximum atomic E-state index is 5.49. The van der Waals surface area contributed by atoms with Gasteiger partial charge in [-0.05, 0) is 12.1 Å². The second-order valence-corrected chi connectivity index (χ2v) is 7.39. The van der Waals surface area contributed by atoms with E-state index in [1.807, 2.05) is 46.5 Å². The highest BCUT2D eigenvalue weighted by atomic mass is 32.1. The fourth-order valence-electron chi connectivity index (χ4n) is 3.40. The minimum absolute atomic E-state index is 0.498. The van der Waals surface area contributed by atoms with Crippen LogP contribution in [-0.2, 0) is 6.54 Å². The molecule has 5 heterocycles. The molecule has 140 valence electrons. The van der Waals surface area contributed by atoms with Crippen molar-refractivity contribution in [1.29, 1.82) is 0 Å².